The van der Waals surface area contributed by atoms with Crippen molar-refractivity contribution in [3.63, 3.8) is 0 Å². The van der Waals surface area contributed by atoms with Crippen molar-refractivity contribution in [2.24, 2.45) is 0 Å². The summed E-state index contributed by atoms with van der Waals surface area (Å²) in [7, 11) is 0. The third kappa shape index (κ3) is 5.32. The number of hydrogen-bond acceptors (Lipinski definition) is 5. The van der Waals surface area contributed by atoms with Crippen LogP contribution in [0.1, 0.15) is 23.6 Å². The number of nitrogens with zero attached hydrogens (tertiary/aromatic N) is 1. The number of anilines is 1. The lowest BCUT2D eigenvalue weighted by molar-refractivity contribution is -0.113. The minimum Gasteiger partial charge on any atom is -0.490 e. The number of carbonyl (C=O) groups is 2. The molecule has 3 aromatic rings. The molecule has 0 unspecified atom stereocenters. The molecule has 0 radical (unpaired) electrons. The molecule has 8 heteroatoms. The van der Waals surface area contributed by atoms with Gasteiger partial charge in [-0.2, -0.15) is 0 Å². The Bertz CT molecular complexity index is 1280. The fourth-order valence-electron chi connectivity index (χ4n) is 3.37. The second-order valence-electron chi connectivity index (χ2n) is 7.51. The monoisotopic (exact) mass is 557 g/mol. The number of aryl methyl sites for hydroxylation is 1. The minimum absolute atomic E-state index is 0.299. The average molecular weight is 559 g/mol. The van der Waals surface area contributed by atoms with E-state index >= 15 is 0 Å². The summed E-state index contributed by atoms with van der Waals surface area (Å²) in [5, 5.41) is -0.0611. The second kappa shape index (κ2) is 10.7. The van der Waals surface area contributed by atoms with Crippen LogP contribution in [-0.2, 0) is 11.4 Å². The van der Waals surface area contributed by atoms with Crippen LogP contribution in [-0.4, -0.2) is 17.8 Å². The smallest absolute Gasteiger partial charge is 0.298 e. The zero-order valence-electron chi connectivity index (χ0n) is 18.5. The Balaban J connectivity index is 1.60. The summed E-state index contributed by atoms with van der Waals surface area (Å²) in [6, 6.07) is 18.5. The van der Waals surface area contributed by atoms with Crippen molar-refractivity contribution in [1.82, 2.24) is 0 Å². The van der Waals surface area contributed by atoms with E-state index in [0.29, 0.717) is 50.4 Å². The lowest BCUT2D eigenvalue weighted by Gasteiger charge is -2.15. The zero-order valence-corrected chi connectivity index (χ0v) is 21.7. The summed E-state index contributed by atoms with van der Waals surface area (Å²) in [5.41, 5.74) is 3.29. The van der Waals surface area contributed by atoms with E-state index in [4.69, 9.17) is 21.1 Å². The first-order valence-corrected chi connectivity index (χ1v) is 12.5. The summed E-state index contributed by atoms with van der Waals surface area (Å²) >= 11 is 10.6. The maximum atomic E-state index is 13.0. The molecule has 0 aliphatic carbocycles. The number of imide groups is 1. The normalized spacial score (nSPS) is 14.7. The predicted molar refractivity (Wildman–Crippen MR) is 141 cm³/mol. The molecule has 0 N–H and O–H groups in total. The fourth-order valence-corrected chi connectivity index (χ4v) is 5.00. The Morgan fingerprint density at radius 2 is 1.79 bits per heavy atom. The summed E-state index contributed by atoms with van der Waals surface area (Å²) in [5.74, 6) is 0.696. The molecule has 4 rings (SSSR count). The van der Waals surface area contributed by atoms with Crippen molar-refractivity contribution in [3.05, 3.63) is 91.8 Å². The SMILES string of the molecule is CCOc1cc(/C=C2\SC(=O)N(c3ccccc3Cl)C2=O)cc(Br)c1OCc1ccc(C)cc1. The van der Waals surface area contributed by atoms with E-state index in [9.17, 15) is 9.59 Å². The minimum atomic E-state index is -0.420. The van der Waals surface area contributed by atoms with E-state index in [1.165, 1.54) is 5.56 Å². The molecular weight excluding hydrogens is 538 g/mol. The molecule has 0 atom stereocenters. The highest BCUT2D eigenvalue weighted by Crippen LogP contribution is 2.41. The molecule has 5 nitrogen and oxygen atoms in total. The summed E-state index contributed by atoms with van der Waals surface area (Å²) in [6.45, 7) is 4.75. The van der Waals surface area contributed by atoms with Crippen LogP contribution in [0.4, 0.5) is 10.5 Å². The van der Waals surface area contributed by atoms with Gasteiger partial charge in [-0.25, -0.2) is 4.90 Å². The lowest BCUT2D eigenvalue weighted by atomic mass is 10.1. The second-order valence-corrected chi connectivity index (χ2v) is 9.76. The van der Waals surface area contributed by atoms with Crippen LogP contribution in [0.3, 0.4) is 0 Å². The Morgan fingerprint density at radius 3 is 2.50 bits per heavy atom. The molecule has 0 aromatic heterocycles. The Hall–Kier alpha value is -2.74. The number of para-hydroxylation sites is 1. The van der Waals surface area contributed by atoms with Crippen LogP contribution in [0.2, 0.25) is 5.02 Å². The molecule has 2 amide bonds. The highest BCUT2D eigenvalue weighted by atomic mass is 79.9. The number of ether oxygens (including phenoxy) is 2. The fraction of sp³-hybridized carbons (Fsp3) is 0.154. The first kappa shape index (κ1) is 24.4. The van der Waals surface area contributed by atoms with E-state index in [1.54, 1.807) is 36.4 Å². The van der Waals surface area contributed by atoms with Crippen LogP contribution in [0, 0.1) is 6.92 Å². The number of rotatable bonds is 7. The van der Waals surface area contributed by atoms with E-state index in [-0.39, 0.29) is 0 Å². The van der Waals surface area contributed by atoms with E-state index in [2.05, 4.69) is 15.9 Å². The highest BCUT2D eigenvalue weighted by molar-refractivity contribution is 9.10. The molecule has 0 saturated carbocycles. The standard InChI is InChI=1S/C26H21BrClNO4S/c1-3-32-22-13-18(12-19(27)24(22)33-15-17-10-8-16(2)9-11-17)14-23-25(30)29(26(31)34-23)21-7-5-4-6-20(21)28/h4-14H,3,15H2,1-2H3/b23-14-. The van der Waals surface area contributed by atoms with E-state index in [1.807, 2.05) is 44.2 Å². The van der Waals surface area contributed by atoms with Crippen molar-refractivity contribution < 1.29 is 19.1 Å². The van der Waals surface area contributed by atoms with Crippen molar-refractivity contribution >= 4 is 62.2 Å². The van der Waals surface area contributed by atoms with Crippen LogP contribution in [0.5, 0.6) is 11.5 Å². The molecule has 0 spiro atoms. The van der Waals surface area contributed by atoms with Gasteiger partial charge in [0.25, 0.3) is 11.1 Å². The Labute approximate surface area is 215 Å². The van der Waals surface area contributed by atoms with Crippen LogP contribution < -0.4 is 14.4 Å². The van der Waals surface area contributed by atoms with Crippen LogP contribution in [0.15, 0.2) is 70.0 Å². The summed E-state index contributed by atoms with van der Waals surface area (Å²) in [4.78, 5) is 27.0. The number of hydrogen-bond donors (Lipinski definition) is 0. The van der Waals surface area contributed by atoms with Gasteiger partial charge in [0.15, 0.2) is 11.5 Å². The topological polar surface area (TPSA) is 55.8 Å². The Kier molecular flexibility index (Phi) is 7.66. The van der Waals surface area contributed by atoms with Crippen LogP contribution >= 0.6 is 39.3 Å². The van der Waals surface area contributed by atoms with Gasteiger partial charge in [-0.05, 0) is 83.0 Å². The van der Waals surface area contributed by atoms with Crippen molar-refractivity contribution in [3.8, 4) is 11.5 Å². The molecule has 3 aromatic carbocycles. The predicted octanol–water partition coefficient (Wildman–Crippen LogP) is 7.63. The largest absolute Gasteiger partial charge is 0.490 e. The third-order valence-electron chi connectivity index (χ3n) is 5.02. The molecule has 1 fully saturated rings. The van der Waals surface area contributed by atoms with Gasteiger partial charge in [-0.15, -0.1) is 0 Å². The number of thioether (sulfide) groups is 1. The molecule has 1 saturated heterocycles. The van der Waals surface area contributed by atoms with Gasteiger partial charge in [0, 0.05) is 0 Å². The lowest BCUT2D eigenvalue weighted by Crippen LogP contribution is -2.27. The van der Waals surface area contributed by atoms with Crippen molar-refractivity contribution in [2.75, 3.05) is 11.5 Å². The van der Waals surface area contributed by atoms with Crippen LogP contribution in [0.25, 0.3) is 6.08 Å². The molecule has 1 aliphatic rings. The molecule has 1 heterocycles. The first-order valence-electron chi connectivity index (χ1n) is 10.5. The zero-order chi connectivity index (χ0) is 24.2. The number of carbonyl (C=O) groups excluding carboxylic acids is 2. The quantitative estimate of drug-likeness (QED) is 0.279. The molecule has 0 bridgehead atoms. The Morgan fingerprint density at radius 1 is 1.06 bits per heavy atom. The van der Waals surface area contributed by atoms with Crippen molar-refractivity contribution in [2.45, 2.75) is 20.5 Å². The number of halogens is 2. The van der Waals surface area contributed by atoms with Gasteiger partial charge >= 0.3 is 0 Å². The van der Waals surface area contributed by atoms with Crippen molar-refractivity contribution in [1.29, 1.82) is 0 Å². The molecule has 1 aliphatic heterocycles. The van der Waals surface area contributed by atoms with Gasteiger partial charge < -0.3 is 9.47 Å². The molecule has 174 valence electrons. The highest BCUT2D eigenvalue weighted by Gasteiger charge is 2.37. The molecule has 34 heavy (non-hydrogen) atoms. The summed E-state index contributed by atoms with van der Waals surface area (Å²) < 4.78 is 12.6. The number of amides is 2. The van der Waals surface area contributed by atoms with Gasteiger partial charge in [0.1, 0.15) is 6.61 Å². The average Bonchev–Trinajstić information content (AvgIpc) is 3.07. The number of benzene rings is 3. The van der Waals surface area contributed by atoms with Gasteiger partial charge in [0.05, 0.1) is 26.7 Å². The maximum Gasteiger partial charge on any atom is 0.298 e. The van der Waals surface area contributed by atoms with Gasteiger partial charge in [-0.1, -0.05) is 53.6 Å². The molecular formula is C26H21BrClNO4S. The third-order valence-corrected chi connectivity index (χ3v) is 6.80. The first-order chi connectivity index (χ1) is 16.4. The van der Waals surface area contributed by atoms with E-state index in [0.717, 1.165) is 22.2 Å². The summed E-state index contributed by atoms with van der Waals surface area (Å²) in [6.07, 6.45) is 1.67. The van der Waals surface area contributed by atoms with E-state index < -0.39 is 11.1 Å². The van der Waals surface area contributed by atoms with Gasteiger partial charge in [0.2, 0.25) is 0 Å². The maximum absolute atomic E-state index is 13.0. The van der Waals surface area contributed by atoms with Gasteiger partial charge in [-0.3, -0.25) is 9.59 Å².